The fourth-order valence-corrected chi connectivity index (χ4v) is 1.66. The molecule has 0 radical (unpaired) electrons. The molecule has 1 aromatic carbocycles. The van der Waals surface area contributed by atoms with Gasteiger partial charge in [0.15, 0.2) is 0 Å². The van der Waals surface area contributed by atoms with Crippen LogP contribution in [0.25, 0.3) is 0 Å². The van der Waals surface area contributed by atoms with E-state index in [0.717, 1.165) is 19.5 Å². The van der Waals surface area contributed by atoms with Crippen molar-refractivity contribution in [2.45, 2.75) is 26.7 Å². The van der Waals surface area contributed by atoms with Crippen molar-refractivity contribution in [1.29, 1.82) is 0 Å². The topological polar surface area (TPSA) is 40.5 Å². The van der Waals surface area contributed by atoms with E-state index in [1.165, 1.54) is 5.56 Å². The van der Waals surface area contributed by atoms with Gasteiger partial charge in [-0.05, 0) is 30.7 Å². The summed E-state index contributed by atoms with van der Waals surface area (Å²) in [6.07, 6.45) is 1.51. The molecule has 17 heavy (non-hydrogen) atoms. The Labute approximate surface area is 103 Å². The minimum Gasteiger partial charge on any atom is -0.508 e. The van der Waals surface area contributed by atoms with Gasteiger partial charge in [-0.3, -0.25) is 9.69 Å². The highest BCUT2D eigenvalue weighted by molar-refractivity contribution is 5.80. The molecular formula is C14H21NO2. The first-order chi connectivity index (χ1) is 8.15. The minimum absolute atomic E-state index is 0.289. The summed E-state index contributed by atoms with van der Waals surface area (Å²) in [4.78, 5) is 13.5. The van der Waals surface area contributed by atoms with Crippen LogP contribution in [-0.2, 0) is 11.2 Å². The summed E-state index contributed by atoms with van der Waals surface area (Å²) in [5, 5.41) is 9.18. The number of hydrogen-bond donors (Lipinski definition) is 1. The van der Waals surface area contributed by atoms with Gasteiger partial charge in [-0.2, -0.15) is 0 Å². The first-order valence-electron chi connectivity index (χ1n) is 6.17. The van der Waals surface area contributed by atoms with E-state index in [9.17, 15) is 9.90 Å². The van der Waals surface area contributed by atoms with Gasteiger partial charge in [0.1, 0.15) is 11.5 Å². The van der Waals surface area contributed by atoms with E-state index < -0.39 is 0 Å². The molecule has 1 aromatic rings. The van der Waals surface area contributed by atoms with Gasteiger partial charge in [0, 0.05) is 13.0 Å². The molecule has 3 nitrogen and oxygen atoms in total. The number of carbonyl (C=O) groups is 1. The van der Waals surface area contributed by atoms with Gasteiger partial charge in [-0.25, -0.2) is 0 Å². The summed E-state index contributed by atoms with van der Waals surface area (Å²) in [6.45, 7) is 6.29. The molecule has 0 fully saturated rings. The highest BCUT2D eigenvalue weighted by atomic mass is 16.3. The first-order valence-corrected chi connectivity index (χ1v) is 6.17. The van der Waals surface area contributed by atoms with Crippen LogP contribution in [0.2, 0.25) is 0 Å². The van der Waals surface area contributed by atoms with Gasteiger partial charge in [0.25, 0.3) is 0 Å². The summed E-state index contributed by atoms with van der Waals surface area (Å²) in [5.41, 5.74) is 1.19. The van der Waals surface area contributed by atoms with Crippen molar-refractivity contribution in [3.05, 3.63) is 29.8 Å². The lowest BCUT2D eigenvalue weighted by Gasteiger charge is -2.19. The molecule has 0 heterocycles. The quantitative estimate of drug-likeness (QED) is 0.788. The van der Waals surface area contributed by atoms with Crippen molar-refractivity contribution >= 4 is 5.78 Å². The predicted octanol–water partition coefficient (Wildman–Crippen LogP) is 2.24. The van der Waals surface area contributed by atoms with Crippen LogP contribution in [-0.4, -0.2) is 35.4 Å². The molecule has 0 aliphatic rings. The average Bonchev–Trinajstić information content (AvgIpc) is 2.36. The second kappa shape index (κ2) is 7.07. The van der Waals surface area contributed by atoms with Crippen molar-refractivity contribution in [2.75, 3.05) is 19.6 Å². The maximum Gasteiger partial charge on any atom is 0.146 e. The summed E-state index contributed by atoms with van der Waals surface area (Å²) < 4.78 is 0. The Bertz CT molecular complexity index is 346. The summed E-state index contributed by atoms with van der Waals surface area (Å²) >= 11 is 0. The Balaban J connectivity index is 2.42. The summed E-state index contributed by atoms with van der Waals surface area (Å²) in [5.74, 6) is 0.583. The van der Waals surface area contributed by atoms with E-state index >= 15 is 0 Å². The van der Waals surface area contributed by atoms with Gasteiger partial charge in [0.2, 0.25) is 0 Å². The Kier molecular flexibility index (Phi) is 5.70. The second-order valence-electron chi connectivity index (χ2n) is 4.18. The van der Waals surface area contributed by atoms with E-state index in [0.29, 0.717) is 18.7 Å². The molecule has 0 atom stereocenters. The fraction of sp³-hybridized carbons (Fsp3) is 0.500. The molecule has 0 aliphatic carbocycles. The number of ketones is 1. The lowest BCUT2D eigenvalue weighted by Crippen LogP contribution is -2.31. The Morgan fingerprint density at radius 1 is 1.24 bits per heavy atom. The third-order valence-corrected chi connectivity index (χ3v) is 2.89. The molecule has 94 valence electrons. The van der Waals surface area contributed by atoms with Crippen LogP contribution in [0.15, 0.2) is 24.3 Å². The Morgan fingerprint density at radius 3 is 2.41 bits per heavy atom. The van der Waals surface area contributed by atoms with Crippen LogP contribution in [0.5, 0.6) is 5.75 Å². The van der Waals surface area contributed by atoms with Gasteiger partial charge in [-0.15, -0.1) is 0 Å². The number of hydrogen-bond acceptors (Lipinski definition) is 3. The fourth-order valence-electron chi connectivity index (χ4n) is 1.66. The molecule has 0 unspecified atom stereocenters. The molecule has 0 aliphatic heterocycles. The van der Waals surface area contributed by atoms with Crippen molar-refractivity contribution in [3.63, 3.8) is 0 Å². The van der Waals surface area contributed by atoms with Crippen molar-refractivity contribution in [3.8, 4) is 5.75 Å². The largest absolute Gasteiger partial charge is 0.508 e. The number of aromatic hydroxyl groups is 1. The van der Waals surface area contributed by atoms with Crippen LogP contribution in [0.1, 0.15) is 25.8 Å². The number of likely N-dealkylation sites (N-methyl/N-ethyl adjacent to an activating group) is 1. The first kappa shape index (κ1) is 13.7. The third-order valence-electron chi connectivity index (χ3n) is 2.89. The SMILES string of the molecule is CCC(=O)CN(CC)CCc1ccc(O)cc1. The molecule has 0 saturated heterocycles. The van der Waals surface area contributed by atoms with E-state index in [1.807, 2.05) is 19.1 Å². The summed E-state index contributed by atoms with van der Waals surface area (Å²) in [7, 11) is 0. The molecule has 0 aromatic heterocycles. The van der Waals surface area contributed by atoms with Crippen molar-refractivity contribution in [2.24, 2.45) is 0 Å². The number of Topliss-reactive ketones (excluding diaryl/α,β-unsaturated/α-hetero) is 1. The van der Waals surface area contributed by atoms with E-state index in [4.69, 9.17) is 0 Å². The number of phenols is 1. The van der Waals surface area contributed by atoms with Crippen LogP contribution < -0.4 is 0 Å². The van der Waals surface area contributed by atoms with Gasteiger partial charge in [-0.1, -0.05) is 26.0 Å². The minimum atomic E-state index is 0.289. The number of rotatable bonds is 7. The average molecular weight is 235 g/mol. The number of nitrogens with zero attached hydrogens (tertiary/aromatic N) is 1. The zero-order chi connectivity index (χ0) is 12.7. The van der Waals surface area contributed by atoms with Crippen LogP contribution in [0, 0.1) is 0 Å². The smallest absolute Gasteiger partial charge is 0.146 e. The number of carbonyl (C=O) groups excluding carboxylic acids is 1. The molecule has 3 heteroatoms. The van der Waals surface area contributed by atoms with E-state index in [2.05, 4.69) is 11.8 Å². The summed E-state index contributed by atoms with van der Waals surface area (Å²) in [6, 6.07) is 7.24. The van der Waals surface area contributed by atoms with Crippen LogP contribution in [0.3, 0.4) is 0 Å². The van der Waals surface area contributed by atoms with Crippen molar-refractivity contribution < 1.29 is 9.90 Å². The second-order valence-corrected chi connectivity index (χ2v) is 4.18. The highest BCUT2D eigenvalue weighted by Gasteiger charge is 2.07. The van der Waals surface area contributed by atoms with E-state index in [1.54, 1.807) is 12.1 Å². The maximum absolute atomic E-state index is 11.4. The zero-order valence-electron chi connectivity index (χ0n) is 10.6. The van der Waals surface area contributed by atoms with Gasteiger partial charge >= 0.3 is 0 Å². The Hall–Kier alpha value is -1.35. The lowest BCUT2D eigenvalue weighted by molar-refractivity contribution is -0.119. The number of benzene rings is 1. The molecule has 1 rings (SSSR count). The van der Waals surface area contributed by atoms with Crippen LogP contribution >= 0.6 is 0 Å². The lowest BCUT2D eigenvalue weighted by atomic mass is 10.1. The molecule has 1 N–H and O–H groups in total. The third kappa shape index (κ3) is 5.00. The normalized spacial score (nSPS) is 10.8. The molecular weight excluding hydrogens is 214 g/mol. The Morgan fingerprint density at radius 2 is 1.88 bits per heavy atom. The van der Waals surface area contributed by atoms with Gasteiger partial charge < -0.3 is 5.11 Å². The molecule has 0 bridgehead atoms. The molecule has 0 amide bonds. The molecule has 0 saturated carbocycles. The standard InChI is InChI=1S/C14H21NO2/c1-3-13(16)11-15(4-2)10-9-12-5-7-14(17)8-6-12/h5-8,17H,3-4,9-11H2,1-2H3. The maximum atomic E-state index is 11.4. The van der Waals surface area contributed by atoms with Gasteiger partial charge in [0.05, 0.1) is 6.54 Å². The van der Waals surface area contributed by atoms with Crippen LogP contribution in [0.4, 0.5) is 0 Å². The highest BCUT2D eigenvalue weighted by Crippen LogP contribution is 2.10. The number of phenolic OH excluding ortho intramolecular Hbond substituents is 1. The predicted molar refractivity (Wildman–Crippen MR) is 69.2 cm³/mol. The van der Waals surface area contributed by atoms with E-state index in [-0.39, 0.29) is 5.78 Å². The monoisotopic (exact) mass is 235 g/mol. The molecule has 0 spiro atoms. The van der Waals surface area contributed by atoms with Crippen molar-refractivity contribution in [1.82, 2.24) is 4.90 Å². The zero-order valence-corrected chi connectivity index (χ0v) is 10.6.